The Morgan fingerprint density at radius 2 is 1.60 bits per heavy atom. The topological polar surface area (TPSA) is 63.6 Å². The van der Waals surface area contributed by atoms with Crippen LogP contribution in [0, 0.1) is 0 Å². The van der Waals surface area contributed by atoms with Gasteiger partial charge in [0, 0.05) is 11.1 Å². The average molecular weight is 270 g/mol. The summed E-state index contributed by atoms with van der Waals surface area (Å²) in [6, 6.07) is 11.6. The van der Waals surface area contributed by atoms with E-state index in [-0.39, 0.29) is 11.3 Å². The SMILES string of the molecule is COc1ccc(C(C)=O)cc1-c1ccc(C(=O)O)cc1. The number of methoxy groups -OCH3 is 1. The molecule has 0 heterocycles. The van der Waals surface area contributed by atoms with Crippen molar-refractivity contribution >= 4 is 11.8 Å². The standard InChI is InChI=1S/C16H14O4/c1-10(17)13-7-8-15(20-2)14(9-13)11-3-5-12(6-4-11)16(18)19/h3-9H,1-2H3,(H,18,19). The maximum Gasteiger partial charge on any atom is 0.335 e. The Morgan fingerprint density at radius 1 is 1.00 bits per heavy atom. The molecular formula is C16H14O4. The molecule has 0 aliphatic rings. The molecule has 0 aliphatic heterocycles. The van der Waals surface area contributed by atoms with Crippen LogP contribution in [-0.2, 0) is 0 Å². The number of ether oxygens (including phenoxy) is 1. The Balaban J connectivity index is 2.52. The second kappa shape index (κ2) is 5.57. The summed E-state index contributed by atoms with van der Waals surface area (Å²) in [5.41, 5.74) is 2.37. The highest BCUT2D eigenvalue weighted by Crippen LogP contribution is 2.31. The van der Waals surface area contributed by atoms with Gasteiger partial charge < -0.3 is 9.84 Å². The summed E-state index contributed by atoms with van der Waals surface area (Å²) < 4.78 is 5.28. The summed E-state index contributed by atoms with van der Waals surface area (Å²) >= 11 is 0. The fourth-order valence-corrected chi connectivity index (χ4v) is 1.94. The fraction of sp³-hybridized carbons (Fsp3) is 0.125. The van der Waals surface area contributed by atoms with Gasteiger partial charge in [-0.1, -0.05) is 12.1 Å². The number of carbonyl (C=O) groups excluding carboxylic acids is 1. The highest BCUT2D eigenvalue weighted by molar-refractivity contribution is 5.96. The highest BCUT2D eigenvalue weighted by atomic mass is 16.5. The Bertz CT molecular complexity index is 657. The molecule has 0 saturated heterocycles. The van der Waals surface area contributed by atoms with E-state index in [0.717, 1.165) is 11.1 Å². The van der Waals surface area contributed by atoms with Gasteiger partial charge in [-0.25, -0.2) is 4.79 Å². The Morgan fingerprint density at radius 3 is 2.10 bits per heavy atom. The van der Waals surface area contributed by atoms with E-state index in [1.807, 2.05) is 0 Å². The van der Waals surface area contributed by atoms with E-state index < -0.39 is 5.97 Å². The highest BCUT2D eigenvalue weighted by Gasteiger charge is 2.10. The lowest BCUT2D eigenvalue weighted by Gasteiger charge is -2.10. The molecule has 2 rings (SSSR count). The minimum Gasteiger partial charge on any atom is -0.496 e. The third-order valence-electron chi connectivity index (χ3n) is 3.05. The smallest absolute Gasteiger partial charge is 0.335 e. The van der Waals surface area contributed by atoms with Crippen molar-refractivity contribution in [3.05, 3.63) is 53.6 Å². The summed E-state index contributed by atoms with van der Waals surface area (Å²) in [6.45, 7) is 1.50. The molecule has 0 fully saturated rings. The van der Waals surface area contributed by atoms with Gasteiger partial charge in [0.15, 0.2) is 5.78 Å². The summed E-state index contributed by atoms with van der Waals surface area (Å²) in [5.74, 6) is -0.366. The predicted octanol–water partition coefficient (Wildman–Crippen LogP) is 3.26. The molecule has 0 spiro atoms. The van der Waals surface area contributed by atoms with E-state index in [4.69, 9.17) is 9.84 Å². The van der Waals surface area contributed by atoms with Crippen molar-refractivity contribution in [2.24, 2.45) is 0 Å². The maximum atomic E-state index is 11.5. The van der Waals surface area contributed by atoms with E-state index >= 15 is 0 Å². The van der Waals surface area contributed by atoms with Crippen molar-refractivity contribution in [2.75, 3.05) is 7.11 Å². The average Bonchev–Trinajstić information content (AvgIpc) is 2.46. The molecule has 1 N–H and O–H groups in total. The zero-order valence-corrected chi connectivity index (χ0v) is 11.2. The van der Waals surface area contributed by atoms with Gasteiger partial charge in [0.2, 0.25) is 0 Å². The molecule has 102 valence electrons. The third-order valence-corrected chi connectivity index (χ3v) is 3.05. The molecule has 0 amide bonds. The Kier molecular flexibility index (Phi) is 3.84. The van der Waals surface area contributed by atoms with Gasteiger partial charge in [-0.15, -0.1) is 0 Å². The molecule has 0 radical (unpaired) electrons. The molecule has 0 aromatic heterocycles. The van der Waals surface area contributed by atoms with Crippen LogP contribution in [0.3, 0.4) is 0 Å². The first kappa shape index (κ1) is 13.8. The minimum absolute atomic E-state index is 0.0314. The quantitative estimate of drug-likeness (QED) is 0.866. The van der Waals surface area contributed by atoms with Crippen LogP contribution in [0.15, 0.2) is 42.5 Å². The van der Waals surface area contributed by atoms with Gasteiger partial charge >= 0.3 is 5.97 Å². The molecular weight excluding hydrogens is 256 g/mol. The molecule has 0 atom stereocenters. The zero-order chi connectivity index (χ0) is 14.7. The first-order chi connectivity index (χ1) is 9.52. The van der Waals surface area contributed by atoms with E-state index in [1.54, 1.807) is 37.4 Å². The van der Waals surface area contributed by atoms with E-state index in [1.165, 1.54) is 19.1 Å². The number of carboxylic acids is 1. The third kappa shape index (κ3) is 2.69. The predicted molar refractivity (Wildman–Crippen MR) is 75.4 cm³/mol. The number of benzene rings is 2. The molecule has 0 unspecified atom stereocenters. The van der Waals surface area contributed by atoms with Gasteiger partial charge in [-0.2, -0.15) is 0 Å². The number of hydrogen-bond acceptors (Lipinski definition) is 3. The number of Topliss-reactive ketones (excluding diaryl/α,β-unsaturated/α-hetero) is 1. The van der Waals surface area contributed by atoms with Crippen molar-refractivity contribution in [3.63, 3.8) is 0 Å². The monoisotopic (exact) mass is 270 g/mol. The van der Waals surface area contributed by atoms with Crippen molar-refractivity contribution < 1.29 is 19.4 Å². The number of aromatic carboxylic acids is 1. The number of hydrogen-bond donors (Lipinski definition) is 1. The van der Waals surface area contributed by atoms with Crippen LogP contribution in [0.1, 0.15) is 27.6 Å². The second-order valence-corrected chi connectivity index (χ2v) is 4.35. The van der Waals surface area contributed by atoms with E-state index in [0.29, 0.717) is 11.3 Å². The first-order valence-corrected chi connectivity index (χ1v) is 6.05. The van der Waals surface area contributed by atoms with Crippen molar-refractivity contribution in [3.8, 4) is 16.9 Å². The van der Waals surface area contributed by atoms with Crippen molar-refractivity contribution in [1.82, 2.24) is 0 Å². The molecule has 4 heteroatoms. The summed E-state index contributed by atoms with van der Waals surface area (Å²) in [6.07, 6.45) is 0. The van der Waals surface area contributed by atoms with Gasteiger partial charge in [-0.3, -0.25) is 4.79 Å². The molecule has 4 nitrogen and oxygen atoms in total. The van der Waals surface area contributed by atoms with Crippen LogP contribution >= 0.6 is 0 Å². The van der Waals surface area contributed by atoms with Crippen LogP contribution < -0.4 is 4.74 Å². The minimum atomic E-state index is -0.971. The molecule has 0 bridgehead atoms. The molecule has 20 heavy (non-hydrogen) atoms. The van der Waals surface area contributed by atoms with Crippen LogP contribution in [0.2, 0.25) is 0 Å². The lowest BCUT2D eigenvalue weighted by molar-refractivity contribution is 0.0696. The number of ketones is 1. The molecule has 0 aliphatic carbocycles. The van der Waals surface area contributed by atoms with Gasteiger partial charge in [0.05, 0.1) is 12.7 Å². The Labute approximate surface area is 116 Å². The van der Waals surface area contributed by atoms with Crippen molar-refractivity contribution in [1.29, 1.82) is 0 Å². The lowest BCUT2D eigenvalue weighted by Crippen LogP contribution is -1.97. The zero-order valence-electron chi connectivity index (χ0n) is 11.2. The summed E-state index contributed by atoms with van der Waals surface area (Å²) in [5, 5.41) is 8.89. The van der Waals surface area contributed by atoms with Crippen LogP contribution in [0.25, 0.3) is 11.1 Å². The molecule has 2 aromatic carbocycles. The Hall–Kier alpha value is -2.62. The maximum absolute atomic E-state index is 11.5. The number of rotatable bonds is 4. The lowest BCUT2D eigenvalue weighted by atomic mass is 9.99. The van der Waals surface area contributed by atoms with Crippen LogP contribution in [0.5, 0.6) is 5.75 Å². The largest absolute Gasteiger partial charge is 0.496 e. The summed E-state index contributed by atoms with van der Waals surface area (Å²) in [7, 11) is 1.55. The first-order valence-electron chi connectivity index (χ1n) is 6.05. The van der Waals surface area contributed by atoms with Crippen molar-refractivity contribution in [2.45, 2.75) is 6.92 Å². The normalized spacial score (nSPS) is 10.1. The summed E-state index contributed by atoms with van der Waals surface area (Å²) in [4.78, 5) is 22.3. The van der Waals surface area contributed by atoms with Crippen LogP contribution in [0.4, 0.5) is 0 Å². The van der Waals surface area contributed by atoms with E-state index in [2.05, 4.69) is 0 Å². The van der Waals surface area contributed by atoms with Gasteiger partial charge in [0.1, 0.15) is 5.75 Å². The van der Waals surface area contributed by atoms with E-state index in [9.17, 15) is 9.59 Å². The van der Waals surface area contributed by atoms with Gasteiger partial charge in [-0.05, 0) is 42.8 Å². The van der Waals surface area contributed by atoms with Crippen LogP contribution in [-0.4, -0.2) is 24.0 Å². The number of carbonyl (C=O) groups is 2. The molecule has 0 saturated carbocycles. The second-order valence-electron chi connectivity index (χ2n) is 4.35. The van der Waals surface area contributed by atoms with Gasteiger partial charge in [0.25, 0.3) is 0 Å². The fourth-order valence-electron chi connectivity index (χ4n) is 1.94. The number of carboxylic acid groups (broad SMARTS) is 1. The molecule has 2 aromatic rings.